The van der Waals surface area contributed by atoms with Crippen LogP contribution in [0.2, 0.25) is 5.02 Å². The number of hydrogen-bond acceptors (Lipinski definition) is 6. The van der Waals surface area contributed by atoms with E-state index in [0.717, 1.165) is 41.0 Å². The average Bonchev–Trinajstić information content (AvgIpc) is 3.44. The van der Waals surface area contributed by atoms with Crippen LogP contribution in [-0.2, 0) is 0 Å². The fraction of sp³-hybridized carbons (Fsp3) is 0.263. The van der Waals surface area contributed by atoms with Crippen molar-refractivity contribution in [1.29, 1.82) is 0 Å². The van der Waals surface area contributed by atoms with E-state index in [4.69, 9.17) is 11.6 Å². The zero-order valence-electron chi connectivity index (χ0n) is 15.0. The summed E-state index contributed by atoms with van der Waals surface area (Å²) in [6, 6.07) is 12.4. The monoisotopic (exact) mass is 432 g/mol. The maximum absolute atomic E-state index is 10.8. The number of fused-ring (bicyclic) bond motifs is 1. The van der Waals surface area contributed by atoms with Crippen LogP contribution in [0.15, 0.2) is 48.1 Å². The van der Waals surface area contributed by atoms with Crippen molar-refractivity contribution in [2.75, 3.05) is 31.1 Å². The first kappa shape index (κ1) is 17.9. The molecule has 0 spiro atoms. The number of piperazine rings is 1. The predicted molar refractivity (Wildman–Crippen MR) is 113 cm³/mol. The van der Waals surface area contributed by atoms with E-state index in [1.165, 1.54) is 37.6 Å². The molecular weight excluding hydrogens is 414 g/mol. The Morgan fingerprint density at radius 1 is 1.18 bits per heavy atom. The SMILES string of the molecule is Oc1c([C@H](c2cccs2)[NH+]2CCN(c3cccc(Cl)c3)CC2)sc2ncnn12. The third-order valence-electron chi connectivity index (χ3n) is 5.22. The zero-order valence-corrected chi connectivity index (χ0v) is 17.3. The minimum atomic E-state index is 0.0926. The lowest BCUT2D eigenvalue weighted by molar-refractivity contribution is -0.925. The molecule has 9 heteroatoms. The maximum atomic E-state index is 10.8. The van der Waals surface area contributed by atoms with Gasteiger partial charge in [-0.1, -0.05) is 35.1 Å². The highest BCUT2D eigenvalue weighted by Crippen LogP contribution is 2.36. The second-order valence-corrected chi connectivity index (χ2v) is 9.24. The summed E-state index contributed by atoms with van der Waals surface area (Å²) in [5.74, 6) is 0.209. The molecular formula is C19H19ClN5OS2+. The molecule has 1 aromatic carbocycles. The van der Waals surface area contributed by atoms with Crippen LogP contribution in [0.1, 0.15) is 15.8 Å². The molecule has 2 N–H and O–H groups in total. The van der Waals surface area contributed by atoms with Crippen molar-refractivity contribution in [3.8, 4) is 5.88 Å². The van der Waals surface area contributed by atoms with Gasteiger partial charge in [-0.25, -0.2) is 4.98 Å². The normalized spacial score (nSPS) is 16.7. The van der Waals surface area contributed by atoms with E-state index in [1.54, 1.807) is 11.3 Å². The lowest BCUT2D eigenvalue weighted by atomic mass is 10.1. The topological polar surface area (TPSA) is 58.1 Å². The lowest BCUT2D eigenvalue weighted by Gasteiger charge is -2.37. The molecule has 1 atom stereocenters. The number of quaternary nitrogens is 1. The number of benzene rings is 1. The molecule has 3 aromatic heterocycles. The molecule has 0 aliphatic carbocycles. The number of rotatable bonds is 4. The smallest absolute Gasteiger partial charge is 0.235 e. The van der Waals surface area contributed by atoms with Crippen LogP contribution in [0.3, 0.4) is 0 Å². The number of thiophene rings is 1. The lowest BCUT2D eigenvalue weighted by Crippen LogP contribution is -3.15. The van der Waals surface area contributed by atoms with Crippen LogP contribution in [0.25, 0.3) is 4.96 Å². The Balaban J connectivity index is 1.43. The molecule has 4 aromatic rings. The molecule has 0 amide bonds. The van der Waals surface area contributed by atoms with Gasteiger partial charge < -0.3 is 14.9 Å². The summed E-state index contributed by atoms with van der Waals surface area (Å²) in [7, 11) is 0. The molecule has 144 valence electrons. The number of nitrogens with zero attached hydrogens (tertiary/aromatic N) is 4. The predicted octanol–water partition coefficient (Wildman–Crippen LogP) is 2.71. The summed E-state index contributed by atoms with van der Waals surface area (Å²) in [5, 5.41) is 17.8. The van der Waals surface area contributed by atoms with Gasteiger partial charge >= 0.3 is 0 Å². The van der Waals surface area contributed by atoms with Gasteiger partial charge in [-0.15, -0.1) is 11.3 Å². The summed E-state index contributed by atoms with van der Waals surface area (Å²) >= 11 is 9.42. The molecule has 1 aliphatic heterocycles. The van der Waals surface area contributed by atoms with Gasteiger partial charge in [-0.2, -0.15) is 9.61 Å². The Kier molecular flexibility index (Phi) is 4.72. The fourth-order valence-corrected chi connectivity index (χ4v) is 6.12. The number of nitrogens with one attached hydrogen (secondary N) is 1. The van der Waals surface area contributed by atoms with Crippen LogP contribution in [-0.4, -0.2) is 45.9 Å². The van der Waals surface area contributed by atoms with Gasteiger partial charge in [0.15, 0.2) is 6.04 Å². The van der Waals surface area contributed by atoms with Gasteiger partial charge in [0.2, 0.25) is 10.8 Å². The second-order valence-electron chi connectivity index (χ2n) is 6.82. The standard InChI is InChI=1S/C19H18ClN5OS2/c20-13-3-1-4-14(11-13)23-6-8-24(9-7-23)16(15-5-2-10-27-15)17-18(26)25-19(28-17)21-12-22-25/h1-5,10-12,16,26H,6-9H2/p+1/t16-/m0/s1. The van der Waals surface area contributed by atoms with E-state index in [-0.39, 0.29) is 11.9 Å². The Bertz CT molecular complexity index is 1090. The summed E-state index contributed by atoms with van der Waals surface area (Å²) in [4.78, 5) is 11.0. The molecule has 0 bridgehead atoms. The van der Waals surface area contributed by atoms with E-state index in [9.17, 15) is 5.11 Å². The highest BCUT2D eigenvalue weighted by Gasteiger charge is 2.35. The third kappa shape index (κ3) is 3.16. The van der Waals surface area contributed by atoms with E-state index >= 15 is 0 Å². The van der Waals surface area contributed by atoms with Crippen LogP contribution < -0.4 is 9.80 Å². The first-order valence-corrected chi connectivity index (χ1v) is 11.2. The van der Waals surface area contributed by atoms with E-state index in [1.807, 2.05) is 18.2 Å². The van der Waals surface area contributed by atoms with E-state index in [0.29, 0.717) is 0 Å². The Labute approximate surface area is 175 Å². The van der Waals surface area contributed by atoms with Crippen molar-refractivity contribution in [2.45, 2.75) is 6.04 Å². The number of halogens is 1. The van der Waals surface area contributed by atoms with Crippen molar-refractivity contribution in [3.63, 3.8) is 0 Å². The largest absolute Gasteiger partial charge is 0.492 e. The Hall–Kier alpha value is -2.13. The molecule has 4 heterocycles. The van der Waals surface area contributed by atoms with Crippen LogP contribution >= 0.6 is 34.3 Å². The molecule has 28 heavy (non-hydrogen) atoms. The van der Waals surface area contributed by atoms with Gasteiger partial charge in [0.1, 0.15) is 11.2 Å². The summed E-state index contributed by atoms with van der Waals surface area (Å²) in [5.41, 5.74) is 1.17. The number of anilines is 1. The fourth-order valence-electron chi connectivity index (χ4n) is 3.87. The van der Waals surface area contributed by atoms with Gasteiger partial charge in [0.25, 0.3) is 0 Å². The summed E-state index contributed by atoms with van der Waals surface area (Å²) in [6.45, 7) is 3.84. The van der Waals surface area contributed by atoms with E-state index in [2.05, 4.69) is 38.6 Å². The van der Waals surface area contributed by atoms with Crippen LogP contribution in [0.5, 0.6) is 5.88 Å². The van der Waals surface area contributed by atoms with Gasteiger partial charge in [0.05, 0.1) is 31.1 Å². The minimum Gasteiger partial charge on any atom is -0.492 e. The first-order valence-electron chi connectivity index (χ1n) is 9.10. The summed E-state index contributed by atoms with van der Waals surface area (Å²) < 4.78 is 1.53. The van der Waals surface area contributed by atoms with Crippen molar-refractivity contribution in [3.05, 3.63) is 62.9 Å². The van der Waals surface area contributed by atoms with Crippen molar-refractivity contribution in [2.24, 2.45) is 0 Å². The summed E-state index contributed by atoms with van der Waals surface area (Å²) in [6.07, 6.45) is 1.48. The van der Waals surface area contributed by atoms with Gasteiger partial charge in [-0.05, 0) is 29.6 Å². The molecule has 0 radical (unpaired) electrons. The molecule has 0 saturated carbocycles. The maximum Gasteiger partial charge on any atom is 0.235 e. The van der Waals surface area contributed by atoms with Crippen LogP contribution in [0, 0.1) is 0 Å². The highest BCUT2D eigenvalue weighted by atomic mass is 35.5. The van der Waals surface area contributed by atoms with E-state index < -0.39 is 0 Å². The van der Waals surface area contributed by atoms with Crippen LogP contribution in [0.4, 0.5) is 5.69 Å². The molecule has 1 saturated heterocycles. The number of aromatic nitrogens is 3. The van der Waals surface area contributed by atoms with Gasteiger partial charge in [0, 0.05) is 10.7 Å². The minimum absolute atomic E-state index is 0.0926. The zero-order chi connectivity index (χ0) is 19.1. The quantitative estimate of drug-likeness (QED) is 0.520. The molecule has 0 unspecified atom stereocenters. The Morgan fingerprint density at radius 2 is 2.04 bits per heavy atom. The third-order valence-corrected chi connectivity index (χ3v) is 7.49. The van der Waals surface area contributed by atoms with Crippen molar-refractivity contribution in [1.82, 2.24) is 14.6 Å². The van der Waals surface area contributed by atoms with Gasteiger partial charge in [-0.3, -0.25) is 0 Å². The highest BCUT2D eigenvalue weighted by molar-refractivity contribution is 7.17. The number of thiazole rings is 1. The molecule has 5 rings (SSSR count). The number of hydrogen-bond donors (Lipinski definition) is 2. The van der Waals surface area contributed by atoms with Crippen molar-refractivity contribution < 1.29 is 10.0 Å². The second kappa shape index (κ2) is 7.36. The van der Waals surface area contributed by atoms with Crippen molar-refractivity contribution >= 4 is 44.9 Å². The average molecular weight is 433 g/mol. The Morgan fingerprint density at radius 3 is 2.75 bits per heavy atom. The first-order chi connectivity index (χ1) is 13.7. The molecule has 1 aliphatic rings. The molecule has 6 nitrogen and oxygen atoms in total. The number of aromatic hydroxyl groups is 1. The molecule has 1 fully saturated rings.